The molecule has 2 N–H and O–H groups in total. The molecule has 8 heteroatoms. The van der Waals surface area contributed by atoms with Crippen molar-refractivity contribution in [2.24, 2.45) is 12.8 Å². The van der Waals surface area contributed by atoms with Gasteiger partial charge in [-0.05, 0) is 19.4 Å². The smallest absolute Gasteiger partial charge is 0.212 e. The first-order valence-corrected chi connectivity index (χ1v) is 8.61. The number of aromatic nitrogens is 5. The van der Waals surface area contributed by atoms with Crippen LogP contribution in [0.4, 0.5) is 0 Å². The van der Waals surface area contributed by atoms with Crippen LogP contribution in [0.15, 0.2) is 12.4 Å². The summed E-state index contributed by atoms with van der Waals surface area (Å²) < 4.78 is 3.83. The largest absolute Gasteiger partial charge is 0.326 e. The predicted molar refractivity (Wildman–Crippen MR) is 89.5 cm³/mol. The van der Waals surface area contributed by atoms with E-state index in [2.05, 4.69) is 33.2 Å². The SMILES string of the molecule is Cc1nn2c(CN3C[C@@H](N)[C@H](c4cnn(C)c4)C3)c(C)nc2s1. The zero-order valence-corrected chi connectivity index (χ0v) is 14.4. The van der Waals surface area contributed by atoms with E-state index in [0.29, 0.717) is 5.92 Å². The summed E-state index contributed by atoms with van der Waals surface area (Å²) >= 11 is 1.63. The number of hydrogen-bond acceptors (Lipinski definition) is 6. The molecule has 3 aromatic heterocycles. The molecule has 122 valence electrons. The van der Waals surface area contributed by atoms with Gasteiger partial charge in [0.1, 0.15) is 5.01 Å². The van der Waals surface area contributed by atoms with E-state index in [1.54, 1.807) is 11.3 Å². The van der Waals surface area contributed by atoms with E-state index in [-0.39, 0.29) is 6.04 Å². The maximum atomic E-state index is 6.38. The van der Waals surface area contributed by atoms with Gasteiger partial charge in [-0.3, -0.25) is 9.58 Å². The van der Waals surface area contributed by atoms with Crippen LogP contribution in [0, 0.1) is 13.8 Å². The number of hydrogen-bond donors (Lipinski definition) is 1. The zero-order chi connectivity index (χ0) is 16.1. The van der Waals surface area contributed by atoms with Gasteiger partial charge in [0.05, 0.1) is 17.6 Å². The molecule has 7 nitrogen and oxygen atoms in total. The van der Waals surface area contributed by atoms with Gasteiger partial charge in [0.2, 0.25) is 4.96 Å². The van der Waals surface area contributed by atoms with E-state index in [4.69, 9.17) is 5.73 Å². The number of nitrogens with two attached hydrogens (primary N) is 1. The Hall–Kier alpha value is -1.77. The zero-order valence-electron chi connectivity index (χ0n) is 13.6. The Balaban J connectivity index is 1.56. The van der Waals surface area contributed by atoms with E-state index in [9.17, 15) is 0 Å². The Morgan fingerprint density at radius 1 is 1.35 bits per heavy atom. The fourth-order valence-corrected chi connectivity index (χ4v) is 4.21. The molecule has 0 radical (unpaired) electrons. The lowest BCUT2D eigenvalue weighted by atomic mass is 9.98. The fraction of sp³-hybridized carbons (Fsp3) is 0.533. The molecule has 0 saturated carbocycles. The third-order valence-electron chi connectivity index (χ3n) is 4.56. The number of likely N-dealkylation sites (tertiary alicyclic amines) is 1. The number of aryl methyl sites for hydroxylation is 3. The maximum absolute atomic E-state index is 6.38. The van der Waals surface area contributed by atoms with Gasteiger partial charge in [0.15, 0.2) is 0 Å². The molecule has 3 aromatic rings. The quantitative estimate of drug-likeness (QED) is 0.777. The van der Waals surface area contributed by atoms with Crippen molar-refractivity contribution in [1.82, 2.24) is 29.3 Å². The molecule has 0 bridgehead atoms. The molecule has 0 aromatic carbocycles. The molecule has 1 aliphatic rings. The minimum Gasteiger partial charge on any atom is -0.326 e. The molecule has 0 unspecified atom stereocenters. The van der Waals surface area contributed by atoms with Gasteiger partial charge < -0.3 is 5.73 Å². The lowest BCUT2D eigenvalue weighted by molar-refractivity contribution is 0.316. The molecule has 0 aliphatic carbocycles. The summed E-state index contributed by atoms with van der Waals surface area (Å²) in [6, 6.07) is 0.139. The van der Waals surface area contributed by atoms with Gasteiger partial charge in [0.25, 0.3) is 0 Å². The summed E-state index contributed by atoms with van der Waals surface area (Å²) in [7, 11) is 1.94. The summed E-state index contributed by atoms with van der Waals surface area (Å²) in [5.74, 6) is 0.338. The molecule has 4 heterocycles. The standard InChI is InChI=1S/C15H21N7S/c1-9-14(22-15(18-9)23-10(2)19-22)8-21-6-12(13(16)7-21)11-4-17-20(3)5-11/h4-5,12-13H,6-8,16H2,1-3H3/t12-,13+/m0/s1. The van der Waals surface area contributed by atoms with Crippen LogP contribution >= 0.6 is 11.3 Å². The predicted octanol–water partition coefficient (Wildman–Crippen LogP) is 1.07. The second-order valence-corrected chi connectivity index (χ2v) is 7.53. The normalized spacial score (nSPS) is 22.4. The second kappa shape index (κ2) is 5.40. The van der Waals surface area contributed by atoms with E-state index in [1.165, 1.54) is 11.3 Å². The average molecular weight is 331 g/mol. The van der Waals surface area contributed by atoms with Gasteiger partial charge in [-0.1, -0.05) is 11.3 Å². The first-order chi connectivity index (χ1) is 11.0. The van der Waals surface area contributed by atoms with Crippen molar-refractivity contribution in [2.75, 3.05) is 13.1 Å². The number of nitrogens with zero attached hydrogens (tertiary/aromatic N) is 6. The van der Waals surface area contributed by atoms with Crippen LogP contribution in [0.2, 0.25) is 0 Å². The molecule has 0 spiro atoms. The van der Waals surface area contributed by atoms with Gasteiger partial charge >= 0.3 is 0 Å². The minimum absolute atomic E-state index is 0.139. The monoisotopic (exact) mass is 331 g/mol. The third-order valence-corrected chi connectivity index (χ3v) is 5.39. The molecule has 2 atom stereocenters. The van der Waals surface area contributed by atoms with Crippen molar-refractivity contribution in [1.29, 1.82) is 0 Å². The van der Waals surface area contributed by atoms with E-state index >= 15 is 0 Å². The van der Waals surface area contributed by atoms with Crippen LogP contribution in [-0.4, -0.2) is 48.4 Å². The molecule has 1 fully saturated rings. The van der Waals surface area contributed by atoms with Crippen LogP contribution in [0.25, 0.3) is 4.96 Å². The van der Waals surface area contributed by atoms with Crippen molar-refractivity contribution in [3.05, 3.63) is 34.4 Å². The van der Waals surface area contributed by atoms with Crippen molar-refractivity contribution >= 4 is 16.3 Å². The molecule has 1 saturated heterocycles. The average Bonchev–Trinajstić information content (AvgIpc) is 3.19. The summed E-state index contributed by atoms with van der Waals surface area (Å²) in [5, 5.41) is 9.89. The second-order valence-electron chi connectivity index (χ2n) is 6.37. The Morgan fingerprint density at radius 3 is 2.91 bits per heavy atom. The topological polar surface area (TPSA) is 77.3 Å². The highest BCUT2D eigenvalue weighted by molar-refractivity contribution is 7.16. The lowest BCUT2D eigenvalue weighted by Crippen LogP contribution is -2.28. The lowest BCUT2D eigenvalue weighted by Gasteiger charge is -2.15. The summed E-state index contributed by atoms with van der Waals surface area (Å²) in [6.45, 7) is 6.74. The molecule has 4 rings (SSSR count). The summed E-state index contributed by atoms with van der Waals surface area (Å²) in [6.07, 6.45) is 4.00. The Morgan fingerprint density at radius 2 is 2.17 bits per heavy atom. The van der Waals surface area contributed by atoms with Crippen LogP contribution < -0.4 is 5.73 Å². The minimum atomic E-state index is 0.139. The molecule has 0 amide bonds. The van der Waals surface area contributed by atoms with Crippen molar-refractivity contribution in [3.63, 3.8) is 0 Å². The summed E-state index contributed by atoms with van der Waals surface area (Å²) in [5.41, 5.74) is 9.83. The summed E-state index contributed by atoms with van der Waals surface area (Å²) in [4.78, 5) is 7.99. The highest BCUT2D eigenvalue weighted by Crippen LogP contribution is 2.28. The molecular weight excluding hydrogens is 310 g/mol. The van der Waals surface area contributed by atoms with Crippen LogP contribution in [0.3, 0.4) is 0 Å². The van der Waals surface area contributed by atoms with Crippen molar-refractivity contribution in [2.45, 2.75) is 32.4 Å². The maximum Gasteiger partial charge on any atom is 0.212 e. The highest BCUT2D eigenvalue weighted by Gasteiger charge is 2.32. The van der Waals surface area contributed by atoms with Crippen molar-refractivity contribution in [3.8, 4) is 0 Å². The molecule has 23 heavy (non-hydrogen) atoms. The number of imidazole rings is 1. The van der Waals surface area contributed by atoms with Crippen LogP contribution in [0.5, 0.6) is 0 Å². The number of fused-ring (bicyclic) bond motifs is 1. The first kappa shape index (κ1) is 14.8. The number of rotatable bonds is 3. The molecular formula is C15H21N7S. The van der Waals surface area contributed by atoms with E-state index < -0.39 is 0 Å². The van der Waals surface area contributed by atoms with Gasteiger partial charge in [-0.15, -0.1) is 0 Å². The van der Waals surface area contributed by atoms with E-state index in [1.807, 2.05) is 29.4 Å². The van der Waals surface area contributed by atoms with E-state index in [0.717, 1.165) is 35.3 Å². The highest BCUT2D eigenvalue weighted by atomic mass is 32.1. The van der Waals surface area contributed by atoms with Crippen LogP contribution in [-0.2, 0) is 13.6 Å². The van der Waals surface area contributed by atoms with Gasteiger partial charge in [-0.2, -0.15) is 10.2 Å². The Labute approximate surface area is 138 Å². The Bertz CT molecular complexity index is 845. The van der Waals surface area contributed by atoms with Gasteiger partial charge in [0, 0.05) is 44.8 Å². The Kier molecular flexibility index (Phi) is 3.47. The fourth-order valence-electron chi connectivity index (χ4n) is 3.41. The van der Waals surface area contributed by atoms with Crippen molar-refractivity contribution < 1.29 is 0 Å². The third kappa shape index (κ3) is 2.56. The molecule has 1 aliphatic heterocycles. The van der Waals surface area contributed by atoms with Gasteiger partial charge in [-0.25, -0.2) is 9.50 Å². The van der Waals surface area contributed by atoms with Crippen LogP contribution in [0.1, 0.15) is 27.9 Å². The first-order valence-electron chi connectivity index (χ1n) is 7.79.